The highest BCUT2D eigenvalue weighted by molar-refractivity contribution is 5.99. The number of aromatic nitrogens is 3. The van der Waals surface area contributed by atoms with Crippen LogP contribution in [0.2, 0.25) is 0 Å². The van der Waals surface area contributed by atoms with Gasteiger partial charge < -0.3 is 15.8 Å². The Morgan fingerprint density at radius 3 is 2.74 bits per heavy atom. The molecule has 4 heterocycles. The van der Waals surface area contributed by atoms with E-state index in [9.17, 15) is 9.59 Å². The molecule has 1 aliphatic heterocycles. The van der Waals surface area contributed by atoms with Gasteiger partial charge in [-0.05, 0) is 48.4 Å². The van der Waals surface area contributed by atoms with Gasteiger partial charge in [-0.2, -0.15) is 5.10 Å². The van der Waals surface area contributed by atoms with Gasteiger partial charge in [0, 0.05) is 55.0 Å². The van der Waals surface area contributed by atoms with E-state index in [-0.39, 0.29) is 17.5 Å². The normalized spacial score (nSPS) is 21.0. The van der Waals surface area contributed by atoms with Gasteiger partial charge in [0.15, 0.2) is 0 Å². The topological polar surface area (TPSA) is 136 Å². The second-order valence-electron chi connectivity index (χ2n) is 8.82. The van der Waals surface area contributed by atoms with Gasteiger partial charge in [0.25, 0.3) is 0 Å². The van der Waals surface area contributed by atoms with Gasteiger partial charge in [-0.25, -0.2) is 19.7 Å². The minimum Gasteiger partial charge on any atom is -0.464 e. The van der Waals surface area contributed by atoms with Crippen LogP contribution in [0.25, 0.3) is 22.0 Å². The summed E-state index contributed by atoms with van der Waals surface area (Å²) in [6.45, 7) is 2.72. The first-order valence-corrected chi connectivity index (χ1v) is 11.0. The number of fused-ring (bicyclic) bond motifs is 1. The summed E-state index contributed by atoms with van der Waals surface area (Å²) in [7, 11) is 3.25. The first kappa shape index (κ1) is 21.7. The molecule has 1 fully saturated rings. The predicted octanol–water partition coefficient (Wildman–Crippen LogP) is 2.49. The number of esters is 1. The summed E-state index contributed by atoms with van der Waals surface area (Å²) in [5.41, 5.74) is 8.59. The first-order valence-electron chi connectivity index (χ1n) is 11.0. The van der Waals surface area contributed by atoms with Crippen LogP contribution in [0, 0.1) is 24.7 Å². The van der Waals surface area contributed by atoms with Crippen LogP contribution >= 0.6 is 0 Å². The number of nitrogens with one attached hydrogen (secondary N) is 1. The van der Waals surface area contributed by atoms with Crippen molar-refractivity contribution in [1.29, 1.82) is 0 Å². The number of nitrogens with two attached hydrogens (primary N) is 1. The average molecular weight is 460 g/mol. The molecule has 3 atom stereocenters. The van der Waals surface area contributed by atoms with Crippen LogP contribution in [0.1, 0.15) is 22.5 Å². The minimum atomic E-state index is -0.503. The molecule has 0 radical (unpaired) electrons. The van der Waals surface area contributed by atoms with Crippen LogP contribution in [-0.2, 0) is 9.53 Å². The Hall–Kier alpha value is -4.08. The molecular formula is C24H25N7O3. The highest BCUT2D eigenvalue weighted by Gasteiger charge is 2.48. The van der Waals surface area contributed by atoms with Crippen molar-refractivity contribution in [2.24, 2.45) is 22.9 Å². The van der Waals surface area contributed by atoms with Crippen molar-refractivity contribution >= 4 is 40.5 Å². The molecule has 1 saturated carbocycles. The number of pyridine rings is 3. The second kappa shape index (κ2) is 8.36. The van der Waals surface area contributed by atoms with E-state index >= 15 is 0 Å². The third kappa shape index (κ3) is 4.02. The third-order valence-electron chi connectivity index (χ3n) is 6.43. The number of hydrogen-bond donors (Lipinski definition) is 2. The number of nitrogen functional groups attached to an aromatic ring is 1. The van der Waals surface area contributed by atoms with E-state index in [2.05, 4.69) is 25.4 Å². The average Bonchev–Trinajstić information content (AvgIpc) is 3.51. The van der Waals surface area contributed by atoms with Crippen LogP contribution < -0.4 is 11.1 Å². The fourth-order valence-electron chi connectivity index (χ4n) is 4.47. The molecule has 1 amide bonds. The Morgan fingerprint density at radius 1 is 1.21 bits per heavy atom. The van der Waals surface area contributed by atoms with Crippen molar-refractivity contribution in [2.45, 2.75) is 13.3 Å². The van der Waals surface area contributed by atoms with Crippen molar-refractivity contribution in [3.8, 4) is 11.3 Å². The fraction of sp³-hybridized carbons (Fsp3) is 0.333. The molecule has 0 bridgehead atoms. The maximum Gasteiger partial charge on any atom is 0.356 e. The molecule has 3 N–H and O–H groups in total. The number of carbonyl (C=O) groups excluding carboxylic acids is 2. The van der Waals surface area contributed by atoms with Crippen LogP contribution in [0.3, 0.4) is 0 Å². The van der Waals surface area contributed by atoms with Gasteiger partial charge in [0.2, 0.25) is 5.91 Å². The van der Waals surface area contributed by atoms with Crippen LogP contribution in [0.4, 0.5) is 11.6 Å². The van der Waals surface area contributed by atoms with Crippen molar-refractivity contribution in [3.63, 3.8) is 0 Å². The summed E-state index contributed by atoms with van der Waals surface area (Å²) in [6, 6.07) is 5.32. The van der Waals surface area contributed by atoms with Gasteiger partial charge in [-0.3, -0.25) is 9.80 Å². The Bertz CT molecular complexity index is 1340. The maximum atomic E-state index is 12.8. The standard InChI is InChI=1S/C24H25N7O3/c1-12-4-20(24(33)34-3)26-9-17(12)19-5-13-6-21(27-10-18(13)22(25)29-19)30-23(32)16-7-15(16)14-8-28-31(2)11-14/h4-6,8-10,14-16H,7,11H2,1-3H3,(H2,25,29)(H,27,30,32)/t14?,15-,16+/m1/s1. The van der Waals surface area contributed by atoms with Gasteiger partial charge in [0.05, 0.1) is 12.8 Å². The predicted molar refractivity (Wildman–Crippen MR) is 128 cm³/mol. The van der Waals surface area contributed by atoms with E-state index in [0.29, 0.717) is 34.6 Å². The SMILES string of the molecule is COC(=O)c1cc(C)c(-c2cc3cc(NC(=O)[C@H]4C[C@@H]4C4C=NN(C)C4)ncc3c(N)n2)cn1. The minimum absolute atomic E-state index is 0.0273. The van der Waals surface area contributed by atoms with Crippen molar-refractivity contribution in [2.75, 3.05) is 31.8 Å². The lowest BCUT2D eigenvalue weighted by molar-refractivity contribution is -0.117. The van der Waals surface area contributed by atoms with E-state index in [0.717, 1.165) is 29.5 Å². The van der Waals surface area contributed by atoms with E-state index in [1.807, 2.05) is 31.3 Å². The van der Waals surface area contributed by atoms with Gasteiger partial charge in [-0.15, -0.1) is 0 Å². The molecule has 2 aliphatic rings. The molecule has 3 aromatic rings. The Morgan fingerprint density at radius 2 is 2.03 bits per heavy atom. The lowest BCUT2D eigenvalue weighted by atomic mass is 10.0. The number of carbonyl (C=O) groups is 2. The first-order chi connectivity index (χ1) is 16.3. The van der Waals surface area contributed by atoms with Gasteiger partial charge in [0.1, 0.15) is 17.3 Å². The molecule has 1 unspecified atom stereocenters. The number of nitrogens with zero attached hydrogens (tertiary/aromatic N) is 5. The zero-order valence-electron chi connectivity index (χ0n) is 19.1. The van der Waals surface area contributed by atoms with Crippen LogP contribution in [0.5, 0.6) is 0 Å². The number of anilines is 2. The molecule has 34 heavy (non-hydrogen) atoms. The zero-order valence-corrected chi connectivity index (χ0v) is 19.1. The largest absolute Gasteiger partial charge is 0.464 e. The summed E-state index contributed by atoms with van der Waals surface area (Å²) in [5, 5.41) is 10.6. The van der Waals surface area contributed by atoms with Crippen molar-refractivity contribution in [1.82, 2.24) is 20.0 Å². The zero-order chi connectivity index (χ0) is 24.0. The van der Waals surface area contributed by atoms with Crippen molar-refractivity contribution < 1.29 is 14.3 Å². The number of hydrazone groups is 1. The number of hydrogen-bond acceptors (Lipinski definition) is 9. The molecule has 0 saturated heterocycles. The lowest BCUT2D eigenvalue weighted by Crippen LogP contribution is -2.20. The highest BCUT2D eigenvalue weighted by atomic mass is 16.5. The number of rotatable bonds is 5. The fourth-order valence-corrected chi connectivity index (χ4v) is 4.47. The molecular weight excluding hydrogens is 434 g/mol. The van der Waals surface area contributed by atoms with Gasteiger partial charge >= 0.3 is 5.97 Å². The van der Waals surface area contributed by atoms with Crippen LogP contribution in [0.15, 0.2) is 35.7 Å². The van der Waals surface area contributed by atoms with E-state index in [4.69, 9.17) is 10.5 Å². The number of ether oxygens (including phenoxy) is 1. The third-order valence-corrected chi connectivity index (χ3v) is 6.43. The van der Waals surface area contributed by atoms with E-state index in [1.165, 1.54) is 7.11 Å². The number of aryl methyl sites for hydroxylation is 1. The molecule has 3 aromatic heterocycles. The molecule has 10 nitrogen and oxygen atoms in total. The molecule has 1 aliphatic carbocycles. The molecule has 5 rings (SSSR count). The Kier molecular flexibility index (Phi) is 5.35. The summed E-state index contributed by atoms with van der Waals surface area (Å²) in [5.74, 6) is 0.873. The summed E-state index contributed by atoms with van der Waals surface area (Å²) in [4.78, 5) is 37.6. The molecule has 174 valence electrons. The second-order valence-corrected chi connectivity index (χ2v) is 8.82. The summed E-state index contributed by atoms with van der Waals surface area (Å²) < 4.78 is 4.73. The molecule has 0 aromatic carbocycles. The monoisotopic (exact) mass is 459 g/mol. The Balaban J connectivity index is 1.38. The molecule has 0 spiro atoms. The summed E-state index contributed by atoms with van der Waals surface area (Å²) in [6.07, 6.45) is 6.00. The number of methoxy groups -OCH3 is 1. The van der Waals surface area contributed by atoms with Gasteiger partial charge in [-0.1, -0.05) is 0 Å². The van der Waals surface area contributed by atoms with Crippen molar-refractivity contribution in [3.05, 3.63) is 41.9 Å². The smallest absolute Gasteiger partial charge is 0.356 e. The molecule has 10 heteroatoms. The maximum absolute atomic E-state index is 12.8. The summed E-state index contributed by atoms with van der Waals surface area (Å²) >= 11 is 0. The van der Waals surface area contributed by atoms with E-state index in [1.54, 1.807) is 24.5 Å². The van der Waals surface area contributed by atoms with Crippen LogP contribution in [-0.4, -0.2) is 58.8 Å². The lowest BCUT2D eigenvalue weighted by Gasteiger charge is -2.11. The highest BCUT2D eigenvalue weighted by Crippen LogP contribution is 2.45. The Labute approximate surface area is 196 Å². The van der Waals surface area contributed by atoms with E-state index < -0.39 is 5.97 Å². The quantitative estimate of drug-likeness (QED) is 0.556. The number of amides is 1.